The zero-order valence-corrected chi connectivity index (χ0v) is 12.2. The zero-order chi connectivity index (χ0) is 12.9. The molecule has 102 valence electrons. The molecular formula is C15H24ClNO. The number of carbonyl (C=O) groups excluding carboxylic acids is 1. The fourth-order valence-electron chi connectivity index (χ4n) is 4.60. The SMILES string of the molecule is CC1CC2C(C)C(=O)CCN2C2CCC(Cl)CC12. The van der Waals surface area contributed by atoms with Gasteiger partial charge in [0.1, 0.15) is 5.78 Å². The molecule has 18 heavy (non-hydrogen) atoms. The number of hydrogen-bond donors (Lipinski definition) is 0. The number of hydrogen-bond acceptors (Lipinski definition) is 2. The number of fused-ring (bicyclic) bond motifs is 3. The lowest BCUT2D eigenvalue weighted by Gasteiger charge is -2.55. The Bertz CT molecular complexity index is 345. The van der Waals surface area contributed by atoms with Crippen molar-refractivity contribution in [1.29, 1.82) is 0 Å². The molecule has 0 bridgehead atoms. The van der Waals surface area contributed by atoms with E-state index in [4.69, 9.17) is 11.6 Å². The van der Waals surface area contributed by atoms with Crippen molar-refractivity contribution >= 4 is 17.4 Å². The first-order valence-electron chi connectivity index (χ1n) is 7.50. The van der Waals surface area contributed by atoms with Gasteiger partial charge in [-0.3, -0.25) is 9.69 Å². The molecule has 0 spiro atoms. The van der Waals surface area contributed by atoms with Gasteiger partial charge in [0.15, 0.2) is 0 Å². The predicted octanol–water partition coefficient (Wildman–Crippen LogP) is 3.08. The number of nitrogens with zero attached hydrogens (tertiary/aromatic N) is 1. The van der Waals surface area contributed by atoms with Crippen molar-refractivity contribution in [1.82, 2.24) is 4.90 Å². The van der Waals surface area contributed by atoms with E-state index in [1.54, 1.807) is 0 Å². The number of piperidine rings is 2. The van der Waals surface area contributed by atoms with Crippen LogP contribution in [0.5, 0.6) is 0 Å². The second-order valence-corrected chi connectivity index (χ2v) is 7.28. The van der Waals surface area contributed by atoms with Gasteiger partial charge in [0.2, 0.25) is 0 Å². The second kappa shape index (κ2) is 4.79. The van der Waals surface area contributed by atoms with Crippen LogP contribution in [0.4, 0.5) is 0 Å². The molecule has 1 saturated carbocycles. The monoisotopic (exact) mass is 269 g/mol. The van der Waals surface area contributed by atoms with E-state index in [9.17, 15) is 4.79 Å². The molecule has 0 radical (unpaired) electrons. The predicted molar refractivity (Wildman–Crippen MR) is 73.8 cm³/mol. The molecule has 2 nitrogen and oxygen atoms in total. The molecule has 3 rings (SSSR count). The number of Topliss-reactive ketones (excluding diaryl/α,β-unsaturated/α-hetero) is 1. The minimum absolute atomic E-state index is 0.246. The van der Waals surface area contributed by atoms with Crippen LogP contribution >= 0.6 is 11.6 Å². The quantitative estimate of drug-likeness (QED) is 0.630. The van der Waals surface area contributed by atoms with Crippen molar-refractivity contribution in [3.8, 4) is 0 Å². The van der Waals surface area contributed by atoms with E-state index in [2.05, 4.69) is 18.7 Å². The summed E-state index contributed by atoms with van der Waals surface area (Å²) in [5, 5.41) is 0.383. The first-order valence-corrected chi connectivity index (χ1v) is 7.94. The number of carbonyl (C=O) groups is 1. The summed E-state index contributed by atoms with van der Waals surface area (Å²) in [6.07, 6.45) is 5.53. The van der Waals surface area contributed by atoms with Crippen LogP contribution in [0.25, 0.3) is 0 Å². The first-order chi connectivity index (χ1) is 8.58. The van der Waals surface area contributed by atoms with E-state index >= 15 is 0 Å². The minimum Gasteiger partial charge on any atom is -0.299 e. The molecule has 0 amide bonds. The minimum atomic E-state index is 0.246. The number of halogens is 1. The van der Waals surface area contributed by atoms with E-state index < -0.39 is 0 Å². The third-order valence-electron chi connectivity index (χ3n) is 5.70. The number of alkyl halides is 1. The van der Waals surface area contributed by atoms with E-state index in [0.717, 1.165) is 31.2 Å². The lowest BCUT2D eigenvalue weighted by molar-refractivity contribution is -0.135. The highest BCUT2D eigenvalue weighted by Gasteiger charge is 2.47. The Balaban J connectivity index is 1.82. The Morgan fingerprint density at radius 2 is 1.94 bits per heavy atom. The van der Waals surface area contributed by atoms with Gasteiger partial charge < -0.3 is 0 Å². The van der Waals surface area contributed by atoms with Gasteiger partial charge in [0, 0.05) is 36.3 Å². The lowest BCUT2D eigenvalue weighted by atomic mass is 9.67. The Labute approximate surface area is 115 Å². The van der Waals surface area contributed by atoms with Crippen LogP contribution in [0.15, 0.2) is 0 Å². The molecule has 3 heteroatoms. The van der Waals surface area contributed by atoms with E-state index in [-0.39, 0.29) is 5.92 Å². The molecule has 0 aromatic rings. The Kier molecular flexibility index (Phi) is 3.44. The molecule has 2 heterocycles. The standard InChI is InChI=1S/C15H24ClNO/c1-9-7-14-10(2)15(18)5-6-17(14)13-4-3-11(16)8-12(9)13/h9-14H,3-8H2,1-2H3. The van der Waals surface area contributed by atoms with E-state index in [1.165, 1.54) is 19.3 Å². The summed E-state index contributed by atoms with van der Waals surface area (Å²) >= 11 is 6.36. The summed E-state index contributed by atoms with van der Waals surface area (Å²) in [4.78, 5) is 14.6. The van der Waals surface area contributed by atoms with E-state index in [1.807, 2.05) is 0 Å². The lowest BCUT2D eigenvalue weighted by Crippen LogP contribution is -2.61. The molecular weight excluding hydrogens is 246 g/mol. The Hall–Kier alpha value is -0.0800. The Morgan fingerprint density at radius 1 is 1.17 bits per heavy atom. The van der Waals surface area contributed by atoms with Crippen molar-refractivity contribution in [2.24, 2.45) is 17.8 Å². The van der Waals surface area contributed by atoms with Gasteiger partial charge in [-0.25, -0.2) is 0 Å². The molecule has 0 N–H and O–H groups in total. The van der Waals surface area contributed by atoms with Gasteiger partial charge in [-0.2, -0.15) is 0 Å². The smallest absolute Gasteiger partial charge is 0.138 e. The average molecular weight is 270 g/mol. The summed E-state index contributed by atoms with van der Waals surface area (Å²) in [6, 6.07) is 1.21. The molecule has 2 saturated heterocycles. The summed E-state index contributed by atoms with van der Waals surface area (Å²) in [6.45, 7) is 5.50. The van der Waals surface area contributed by atoms with Crippen molar-refractivity contribution in [3.05, 3.63) is 0 Å². The number of ketones is 1. The highest BCUT2D eigenvalue weighted by molar-refractivity contribution is 6.20. The normalized spacial score (nSPS) is 49.6. The van der Waals surface area contributed by atoms with Crippen molar-refractivity contribution in [2.45, 2.75) is 63.4 Å². The third kappa shape index (κ3) is 2.02. The Morgan fingerprint density at radius 3 is 2.72 bits per heavy atom. The fraction of sp³-hybridized carbons (Fsp3) is 0.933. The van der Waals surface area contributed by atoms with Crippen LogP contribution in [0, 0.1) is 17.8 Å². The van der Waals surface area contributed by atoms with Gasteiger partial charge in [-0.05, 0) is 37.5 Å². The molecule has 1 aliphatic carbocycles. The maximum absolute atomic E-state index is 11.9. The van der Waals surface area contributed by atoms with Crippen molar-refractivity contribution in [3.63, 3.8) is 0 Å². The molecule has 6 unspecified atom stereocenters. The fourth-order valence-corrected chi connectivity index (χ4v) is 4.93. The van der Waals surface area contributed by atoms with Crippen LogP contribution in [0.3, 0.4) is 0 Å². The van der Waals surface area contributed by atoms with Crippen LogP contribution in [0.2, 0.25) is 0 Å². The van der Waals surface area contributed by atoms with Gasteiger partial charge in [0.05, 0.1) is 0 Å². The van der Waals surface area contributed by atoms with Crippen LogP contribution < -0.4 is 0 Å². The molecule has 3 fully saturated rings. The molecule has 3 aliphatic rings. The summed E-state index contributed by atoms with van der Waals surface area (Å²) in [5.41, 5.74) is 0. The zero-order valence-electron chi connectivity index (χ0n) is 11.4. The highest BCUT2D eigenvalue weighted by Crippen LogP contribution is 2.45. The summed E-state index contributed by atoms with van der Waals surface area (Å²) in [5.74, 6) is 2.22. The first kappa shape index (κ1) is 12.9. The van der Waals surface area contributed by atoms with Gasteiger partial charge in [-0.15, -0.1) is 11.6 Å². The van der Waals surface area contributed by atoms with Crippen LogP contribution in [-0.2, 0) is 4.79 Å². The topological polar surface area (TPSA) is 20.3 Å². The second-order valence-electron chi connectivity index (χ2n) is 6.66. The van der Waals surface area contributed by atoms with Gasteiger partial charge in [-0.1, -0.05) is 13.8 Å². The number of rotatable bonds is 0. The summed E-state index contributed by atoms with van der Waals surface area (Å²) < 4.78 is 0. The van der Waals surface area contributed by atoms with Crippen LogP contribution in [-0.4, -0.2) is 34.7 Å². The molecule has 0 aromatic carbocycles. The highest BCUT2D eigenvalue weighted by atomic mass is 35.5. The van der Waals surface area contributed by atoms with Gasteiger partial charge in [0.25, 0.3) is 0 Å². The third-order valence-corrected chi connectivity index (χ3v) is 6.09. The summed E-state index contributed by atoms with van der Waals surface area (Å²) in [7, 11) is 0. The average Bonchev–Trinajstić information content (AvgIpc) is 2.35. The molecule has 0 aromatic heterocycles. The largest absolute Gasteiger partial charge is 0.299 e. The van der Waals surface area contributed by atoms with Crippen molar-refractivity contribution < 1.29 is 4.79 Å². The van der Waals surface area contributed by atoms with Gasteiger partial charge >= 0.3 is 0 Å². The van der Waals surface area contributed by atoms with E-state index in [0.29, 0.717) is 23.2 Å². The molecule has 6 atom stereocenters. The van der Waals surface area contributed by atoms with Crippen LogP contribution in [0.1, 0.15) is 46.0 Å². The maximum atomic E-state index is 11.9. The molecule has 2 aliphatic heterocycles. The maximum Gasteiger partial charge on any atom is 0.138 e. The van der Waals surface area contributed by atoms with Crippen molar-refractivity contribution in [2.75, 3.05) is 6.54 Å².